The summed E-state index contributed by atoms with van der Waals surface area (Å²) in [7, 11) is 0. The second-order valence-corrected chi connectivity index (χ2v) is 4.89. The molecule has 0 fully saturated rings. The number of carbonyl (C=O) groups excluding carboxylic acids is 1. The third-order valence-corrected chi connectivity index (χ3v) is 3.67. The molecular weight excluding hydrogens is 280 g/mol. The topological polar surface area (TPSA) is 111 Å². The molecule has 0 aromatic carbocycles. The largest absolute Gasteiger partial charge is 0.383 e. The van der Waals surface area contributed by atoms with Gasteiger partial charge >= 0.3 is 0 Å². The van der Waals surface area contributed by atoms with E-state index in [4.69, 9.17) is 5.73 Å². The van der Waals surface area contributed by atoms with Gasteiger partial charge in [-0.3, -0.25) is 14.9 Å². The van der Waals surface area contributed by atoms with Crippen molar-refractivity contribution in [3.63, 3.8) is 0 Å². The number of nitrogens with zero attached hydrogens (tertiary/aromatic N) is 2. The number of amides is 1. The number of rotatable bonds is 4. The van der Waals surface area contributed by atoms with Crippen LogP contribution in [0.5, 0.6) is 0 Å². The molecule has 0 atom stereocenters. The molecule has 0 saturated heterocycles. The summed E-state index contributed by atoms with van der Waals surface area (Å²) in [6, 6.07) is 1.12. The lowest BCUT2D eigenvalue weighted by molar-refractivity contribution is -0.385. The quantitative estimate of drug-likeness (QED) is 0.660. The van der Waals surface area contributed by atoms with Gasteiger partial charge in [0.05, 0.1) is 10.5 Å². The Morgan fingerprint density at radius 3 is 2.90 bits per heavy atom. The maximum Gasteiger partial charge on any atom is 0.288 e. The van der Waals surface area contributed by atoms with Crippen LogP contribution in [0.1, 0.15) is 21.5 Å². The minimum absolute atomic E-state index is 0.00656. The first kappa shape index (κ1) is 13.9. The van der Waals surface area contributed by atoms with Gasteiger partial charge in [-0.2, -0.15) is 11.3 Å². The number of carbonyl (C=O) groups is 1. The molecule has 7 nitrogen and oxygen atoms in total. The number of aromatic nitrogens is 1. The van der Waals surface area contributed by atoms with Gasteiger partial charge in [0.2, 0.25) is 0 Å². The van der Waals surface area contributed by atoms with Crippen molar-refractivity contribution in [2.75, 3.05) is 5.73 Å². The number of nitrogens with two attached hydrogens (primary N) is 1. The summed E-state index contributed by atoms with van der Waals surface area (Å²) in [6.45, 7) is 2.29. The Morgan fingerprint density at radius 2 is 2.30 bits per heavy atom. The minimum atomic E-state index is -0.619. The molecule has 2 aromatic rings. The zero-order chi connectivity index (χ0) is 14.7. The average molecular weight is 292 g/mol. The van der Waals surface area contributed by atoms with Gasteiger partial charge in [-0.1, -0.05) is 0 Å². The molecule has 0 aliphatic rings. The van der Waals surface area contributed by atoms with E-state index in [0.717, 1.165) is 23.4 Å². The fourth-order valence-electron chi connectivity index (χ4n) is 1.58. The molecule has 8 heteroatoms. The molecule has 0 aliphatic carbocycles. The first-order chi connectivity index (χ1) is 9.49. The van der Waals surface area contributed by atoms with Crippen molar-refractivity contribution < 1.29 is 9.72 Å². The van der Waals surface area contributed by atoms with Crippen LogP contribution in [0, 0.1) is 17.0 Å². The SMILES string of the molecule is Cc1cscc1CNC(=O)c1cc([N+](=O)[O-])cnc1N. The van der Waals surface area contributed by atoms with Crippen LogP contribution in [0.2, 0.25) is 0 Å². The fourth-order valence-corrected chi connectivity index (χ4v) is 2.44. The van der Waals surface area contributed by atoms with Crippen molar-refractivity contribution in [1.29, 1.82) is 0 Å². The number of aryl methyl sites for hydroxylation is 1. The van der Waals surface area contributed by atoms with Crippen molar-refractivity contribution in [3.8, 4) is 0 Å². The molecule has 0 spiro atoms. The number of thiophene rings is 1. The molecule has 0 radical (unpaired) electrons. The molecule has 104 valence electrons. The van der Waals surface area contributed by atoms with Crippen LogP contribution in [-0.2, 0) is 6.54 Å². The molecule has 20 heavy (non-hydrogen) atoms. The van der Waals surface area contributed by atoms with Crippen LogP contribution in [0.15, 0.2) is 23.0 Å². The van der Waals surface area contributed by atoms with Crippen molar-refractivity contribution in [2.45, 2.75) is 13.5 Å². The van der Waals surface area contributed by atoms with E-state index in [-0.39, 0.29) is 17.1 Å². The Hall–Kier alpha value is -2.48. The van der Waals surface area contributed by atoms with Crippen molar-refractivity contribution in [2.24, 2.45) is 0 Å². The highest BCUT2D eigenvalue weighted by Gasteiger charge is 2.16. The predicted molar refractivity (Wildman–Crippen MR) is 75.5 cm³/mol. The molecular formula is C12H12N4O3S. The van der Waals surface area contributed by atoms with E-state index in [1.165, 1.54) is 0 Å². The number of hydrogen-bond donors (Lipinski definition) is 2. The number of nitrogen functional groups attached to an aromatic ring is 1. The standard InChI is InChI=1S/C12H12N4O3S/c1-7-5-20-6-8(7)3-15-12(17)10-2-9(16(18)19)4-14-11(10)13/h2,4-6H,3H2,1H3,(H2,13,14)(H,15,17). The normalized spacial score (nSPS) is 10.2. The van der Waals surface area contributed by atoms with Crippen LogP contribution < -0.4 is 11.1 Å². The van der Waals surface area contributed by atoms with E-state index in [1.54, 1.807) is 11.3 Å². The number of pyridine rings is 1. The first-order valence-corrected chi connectivity index (χ1v) is 6.63. The molecule has 2 heterocycles. The van der Waals surface area contributed by atoms with Crippen molar-refractivity contribution >= 4 is 28.7 Å². The molecule has 3 N–H and O–H groups in total. The number of nitro groups is 1. The molecule has 2 rings (SSSR count). The van der Waals surface area contributed by atoms with E-state index in [1.807, 2.05) is 17.7 Å². The highest BCUT2D eigenvalue weighted by Crippen LogP contribution is 2.17. The first-order valence-electron chi connectivity index (χ1n) is 5.69. The van der Waals surface area contributed by atoms with Crippen LogP contribution >= 0.6 is 11.3 Å². The summed E-state index contributed by atoms with van der Waals surface area (Å²) in [4.78, 5) is 25.7. The second-order valence-electron chi connectivity index (χ2n) is 4.15. The van der Waals surface area contributed by atoms with Crippen LogP contribution in [-0.4, -0.2) is 15.8 Å². The third kappa shape index (κ3) is 2.91. The number of anilines is 1. The lowest BCUT2D eigenvalue weighted by atomic mass is 10.2. The fraction of sp³-hybridized carbons (Fsp3) is 0.167. The second kappa shape index (κ2) is 5.66. The maximum absolute atomic E-state index is 12.0. The van der Waals surface area contributed by atoms with Gasteiger partial charge in [-0.25, -0.2) is 4.98 Å². The lowest BCUT2D eigenvalue weighted by Gasteiger charge is -2.06. The molecule has 0 saturated carbocycles. The minimum Gasteiger partial charge on any atom is -0.383 e. The van der Waals surface area contributed by atoms with Crippen LogP contribution in [0.3, 0.4) is 0 Å². The van der Waals surface area contributed by atoms with Crippen molar-refractivity contribution in [3.05, 3.63) is 49.8 Å². The summed E-state index contributed by atoms with van der Waals surface area (Å²) in [6.07, 6.45) is 1.02. The van der Waals surface area contributed by atoms with Crippen LogP contribution in [0.25, 0.3) is 0 Å². The predicted octanol–water partition coefficient (Wildman–Crippen LogP) is 1.87. The highest BCUT2D eigenvalue weighted by atomic mass is 32.1. The van der Waals surface area contributed by atoms with Gasteiger partial charge in [-0.15, -0.1) is 0 Å². The molecule has 1 amide bonds. The van der Waals surface area contributed by atoms with Crippen molar-refractivity contribution in [1.82, 2.24) is 10.3 Å². The molecule has 0 unspecified atom stereocenters. The zero-order valence-electron chi connectivity index (χ0n) is 10.6. The van der Waals surface area contributed by atoms with Gasteiger partial charge in [0.1, 0.15) is 12.0 Å². The third-order valence-electron chi connectivity index (χ3n) is 2.76. The summed E-state index contributed by atoms with van der Waals surface area (Å²) in [5, 5.41) is 17.3. The Balaban J connectivity index is 2.15. The molecule has 2 aromatic heterocycles. The van der Waals surface area contributed by atoms with E-state index < -0.39 is 10.8 Å². The van der Waals surface area contributed by atoms with Gasteiger partial charge in [0.15, 0.2) is 0 Å². The Morgan fingerprint density at radius 1 is 1.55 bits per heavy atom. The highest BCUT2D eigenvalue weighted by molar-refractivity contribution is 7.08. The van der Waals surface area contributed by atoms with Gasteiger partial charge < -0.3 is 11.1 Å². The maximum atomic E-state index is 12.0. The van der Waals surface area contributed by atoms with E-state index in [2.05, 4.69) is 10.3 Å². The molecule has 0 aliphatic heterocycles. The Bertz CT molecular complexity index is 668. The van der Waals surface area contributed by atoms with Crippen LogP contribution in [0.4, 0.5) is 11.5 Å². The van der Waals surface area contributed by atoms with E-state index >= 15 is 0 Å². The summed E-state index contributed by atoms with van der Waals surface area (Å²) in [5.41, 5.74) is 7.40. The van der Waals surface area contributed by atoms with Gasteiger partial charge in [-0.05, 0) is 28.8 Å². The lowest BCUT2D eigenvalue weighted by Crippen LogP contribution is -2.24. The molecule has 0 bridgehead atoms. The average Bonchev–Trinajstić information content (AvgIpc) is 2.81. The smallest absolute Gasteiger partial charge is 0.288 e. The zero-order valence-corrected chi connectivity index (χ0v) is 11.4. The Kier molecular flexibility index (Phi) is 3.94. The van der Waals surface area contributed by atoms with Gasteiger partial charge in [0, 0.05) is 12.6 Å². The van der Waals surface area contributed by atoms with Gasteiger partial charge in [0.25, 0.3) is 11.6 Å². The van der Waals surface area contributed by atoms with E-state index in [9.17, 15) is 14.9 Å². The summed E-state index contributed by atoms with van der Waals surface area (Å²) in [5.74, 6) is -0.514. The van der Waals surface area contributed by atoms with E-state index in [0.29, 0.717) is 6.54 Å². The number of hydrogen-bond acceptors (Lipinski definition) is 6. The summed E-state index contributed by atoms with van der Waals surface area (Å²) < 4.78 is 0. The Labute approximate surface area is 118 Å². The number of nitrogens with one attached hydrogen (secondary N) is 1. The summed E-state index contributed by atoms with van der Waals surface area (Å²) >= 11 is 1.55. The monoisotopic (exact) mass is 292 g/mol.